The monoisotopic (exact) mass is 387 g/mol. The predicted molar refractivity (Wildman–Crippen MR) is 84.7 cm³/mol. The zero-order valence-electron chi connectivity index (χ0n) is 10.8. The molecule has 6 nitrogen and oxygen atoms in total. The van der Waals surface area contributed by atoms with Gasteiger partial charge in [0.1, 0.15) is 0 Å². The van der Waals surface area contributed by atoms with Gasteiger partial charge in [-0.25, -0.2) is 0 Å². The number of amides is 1. The van der Waals surface area contributed by atoms with Crippen LogP contribution in [-0.2, 0) is 9.53 Å². The molecule has 0 aliphatic rings. The number of hydrogen-bond donors (Lipinski definition) is 1. The number of aromatic nitrogens is 2. The molecule has 0 fully saturated rings. The van der Waals surface area contributed by atoms with E-state index in [1.807, 2.05) is 0 Å². The van der Waals surface area contributed by atoms with Gasteiger partial charge in [0.25, 0.3) is 5.91 Å². The van der Waals surface area contributed by atoms with Crippen LogP contribution in [0.4, 0.5) is 5.13 Å². The van der Waals surface area contributed by atoms with Crippen LogP contribution < -0.4 is 5.32 Å². The van der Waals surface area contributed by atoms with E-state index in [-0.39, 0.29) is 17.6 Å². The summed E-state index contributed by atoms with van der Waals surface area (Å²) in [6.45, 7) is 0. The van der Waals surface area contributed by atoms with E-state index in [1.165, 1.54) is 30.2 Å². The summed E-state index contributed by atoms with van der Waals surface area (Å²) in [5.74, 6) is -0.440. The molecule has 0 saturated carbocycles. The largest absolute Gasteiger partial charge is 0.468 e. The molecule has 1 aromatic heterocycles. The summed E-state index contributed by atoms with van der Waals surface area (Å²) >= 11 is 5.72. The molecule has 0 aliphatic carbocycles. The van der Waals surface area contributed by atoms with E-state index in [4.69, 9.17) is 0 Å². The van der Waals surface area contributed by atoms with Gasteiger partial charge < -0.3 is 4.74 Å². The lowest BCUT2D eigenvalue weighted by Crippen LogP contribution is -2.11. The van der Waals surface area contributed by atoms with Crippen LogP contribution in [-0.4, -0.2) is 34.9 Å². The lowest BCUT2D eigenvalue weighted by Gasteiger charge is -2.00. The average molecular weight is 388 g/mol. The van der Waals surface area contributed by atoms with E-state index in [9.17, 15) is 9.59 Å². The first kappa shape index (κ1) is 15.9. The Labute approximate surface area is 137 Å². The number of hydrogen-bond acceptors (Lipinski definition) is 7. The first-order chi connectivity index (χ1) is 10.1. The Morgan fingerprint density at radius 1 is 1.33 bits per heavy atom. The highest BCUT2D eigenvalue weighted by Gasteiger charge is 2.11. The van der Waals surface area contributed by atoms with Crippen LogP contribution in [0.2, 0.25) is 0 Å². The van der Waals surface area contributed by atoms with Crippen molar-refractivity contribution in [3.05, 3.63) is 34.3 Å². The first-order valence-electron chi connectivity index (χ1n) is 5.68. The molecule has 0 aliphatic heterocycles. The molecule has 9 heteroatoms. The summed E-state index contributed by atoms with van der Waals surface area (Å²) in [4.78, 5) is 23.0. The number of carbonyl (C=O) groups excluding carboxylic acids is 2. The summed E-state index contributed by atoms with van der Waals surface area (Å²) in [5.41, 5.74) is 0.525. The minimum absolute atomic E-state index is 0.159. The molecule has 1 aromatic carbocycles. The quantitative estimate of drug-likeness (QED) is 0.482. The van der Waals surface area contributed by atoms with Gasteiger partial charge in [-0.05, 0) is 24.3 Å². The second kappa shape index (κ2) is 7.53. The summed E-state index contributed by atoms with van der Waals surface area (Å²) in [6.07, 6.45) is 0. The number of ether oxygens (including phenoxy) is 1. The number of methoxy groups -OCH3 is 1. The van der Waals surface area contributed by atoms with Crippen molar-refractivity contribution >= 4 is 56.0 Å². The fourth-order valence-corrected chi connectivity index (χ4v) is 3.11. The van der Waals surface area contributed by atoms with Crippen molar-refractivity contribution < 1.29 is 14.3 Å². The number of nitrogens with zero attached hydrogens (tertiary/aromatic N) is 2. The number of rotatable bonds is 5. The Morgan fingerprint density at radius 2 is 2.05 bits per heavy atom. The first-order valence-corrected chi connectivity index (χ1v) is 8.28. The van der Waals surface area contributed by atoms with Crippen molar-refractivity contribution in [2.24, 2.45) is 0 Å². The highest BCUT2D eigenvalue weighted by atomic mass is 79.9. The van der Waals surface area contributed by atoms with E-state index in [0.717, 1.165) is 4.47 Å². The highest BCUT2D eigenvalue weighted by Crippen LogP contribution is 2.25. The van der Waals surface area contributed by atoms with Gasteiger partial charge >= 0.3 is 5.97 Å². The third-order valence-corrected chi connectivity index (χ3v) is 4.75. The fraction of sp³-hybridized carbons (Fsp3) is 0.167. The van der Waals surface area contributed by atoms with E-state index in [1.54, 1.807) is 24.3 Å². The highest BCUT2D eigenvalue weighted by molar-refractivity contribution is 9.10. The lowest BCUT2D eigenvalue weighted by atomic mass is 10.2. The number of halogens is 1. The summed E-state index contributed by atoms with van der Waals surface area (Å²) in [7, 11) is 1.33. The van der Waals surface area contributed by atoms with E-state index < -0.39 is 0 Å². The number of nitrogens with one attached hydrogen (secondary N) is 1. The maximum Gasteiger partial charge on any atom is 0.316 e. The predicted octanol–water partition coefficient (Wildman–Crippen LogP) is 2.82. The zero-order chi connectivity index (χ0) is 15.2. The molecule has 2 aromatic rings. The molecule has 21 heavy (non-hydrogen) atoms. The summed E-state index contributed by atoms with van der Waals surface area (Å²) in [5, 5.41) is 10.8. The van der Waals surface area contributed by atoms with Crippen molar-refractivity contribution in [3.8, 4) is 0 Å². The average Bonchev–Trinajstić information content (AvgIpc) is 2.93. The molecular weight excluding hydrogens is 378 g/mol. The minimum Gasteiger partial charge on any atom is -0.468 e. The van der Waals surface area contributed by atoms with E-state index >= 15 is 0 Å². The second-order valence-corrected chi connectivity index (χ2v) is 6.81. The smallest absolute Gasteiger partial charge is 0.316 e. The van der Waals surface area contributed by atoms with Gasteiger partial charge in [0.2, 0.25) is 5.13 Å². The van der Waals surface area contributed by atoms with Gasteiger partial charge in [-0.2, -0.15) is 0 Å². The molecule has 0 bridgehead atoms. The third kappa shape index (κ3) is 4.80. The molecule has 0 spiro atoms. The standard InChI is InChI=1S/C12H10BrN3O3S2/c1-19-9(17)6-20-12-16-15-11(21-12)14-10(18)7-2-4-8(13)5-3-7/h2-5H,6H2,1H3,(H,14,15,18). The number of carbonyl (C=O) groups is 2. The van der Waals surface area contributed by atoms with Gasteiger partial charge in [-0.3, -0.25) is 14.9 Å². The maximum absolute atomic E-state index is 12.0. The van der Waals surface area contributed by atoms with Crippen LogP contribution in [0, 0.1) is 0 Å². The van der Waals surface area contributed by atoms with Gasteiger partial charge in [-0.1, -0.05) is 39.0 Å². The number of esters is 1. The van der Waals surface area contributed by atoms with Crippen molar-refractivity contribution in [1.29, 1.82) is 0 Å². The van der Waals surface area contributed by atoms with Crippen molar-refractivity contribution in [2.75, 3.05) is 18.2 Å². The second-order valence-electron chi connectivity index (χ2n) is 3.70. The molecular formula is C12H10BrN3O3S2. The minimum atomic E-state index is -0.337. The molecule has 1 heterocycles. The molecule has 110 valence electrons. The maximum atomic E-state index is 12.0. The van der Waals surface area contributed by atoms with Crippen LogP contribution in [0.1, 0.15) is 10.4 Å². The van der Waals surface area contributed by atoms with Crippen molar-refractivity contribution in [2.45, 2.75) is 4.34 Å². The Hall–Kier alpha value is -1.45. The van der Waals surface area contributed by atoms with Crippen molar-refractivity contribution in [3.63, 3.8) is 0 Å². The number of thioether (sulfide) groups is 1. The Bertz CT molecular complexity index is 645. The third-order valence-electron chi connectivity index (χ3n) is 2.27. The van der Waals surface area contributed by atoms with Crippen LogP contribution >= 0.6 is 39.0 Å². The van der Waals surface area contributed by atoms with Gasteiger partial charge in [-0.15, -0.1) is 10.2 Å². The normalized spacial score (nSPS) is 10.2. The summed E-state index contributed by atoms with van der Waals surface area (Å²) in [6, 6.07) is 6.97. The number of benzene rings is 1. The van der Waals surface area contributed by atoms with Gasteiger partial charge in [0.05, 0.1) is 12.9 Å². The summed E-state index contributed by atoms with van der Waals surface area (Å²) < 4.78 is 6.02. The van der Waals surface area contributed by atoms with Crippen LogP contribution in [0.5, 0.6) is 0 Å². The van der Waals surface area contributed by atoms with Crippen LogP contribution in [0.3, 0.4) is 0 Å². The van der Waals surface area contributed by atoms with Crippen molar-refractivity contribution in [1.82, 2.24) is 10.2 Å². The van der Waals surface area contributed by atoms with Gasteiger partial charge in [0, 0.05) is 10.0 Å². The Kier molecular flexibility index (Phi) is 5.71. The Morgan fingerprint density at radius 3 is 2.71 bits per heavy atom. The molecule has 0 atom stereocenters. The molecule has 0 unspecified atom stereocenters. The molecule has 0 radical (unpaired) electrons. The zero-order valence-corrected chi connectivity index (χ0v) is 14.0. The topological polar surface area (TPSA) is 81.2 Å². The van der Waals surface area contributed by atoms with E-state index in [2.05, 4.69) is 36.2 Å². The lowest BCUT2D eigenvalue weighted by molar-refractivity contribution is -0.137. The Balaban J connectivity index is 1.94. The molecule has 2 rings (SSSR count). The number of anilines is 1. The van der Waals surface area contributed by atoms with Crippen LogP contribution in [0.15, 0.2) is 33.1 Å². The van der Waals surface area contributed by atoms with Gasteiger partial charge in [0.15, 0.2) is 4.34 Å². The molecule has 1 amide bonds. The van der Waals surface area contributed by atoms with Crippen LogP contribution in [0.25, 0.3) is 0 Å². The van der Waals surface area contributed by atoms with E-state index in [0.29, 0.717) is 15.0 Å². The fourth-order valence-electron chi connectivity index (χ4n) is 1.27. The molecule has 1 N–H and O–H groups in total. The molecule has 0 saturated heterocycles. The SMILES string of the molecule is COC(=O)CSc1nnc(NC(=O)c2ccc(Br)cc2)s1.